The monoisotopic (exact) mass is 285 g/mol. The van der Waals surface area contributed by atoms with E-state index in [0.29, 0.717) is 0 Å². The van der Waals surface area contributed by atoms with Gasteiger partial charge in [-0.25, -0.2) is 0 Å². The number of rotatable bonds is 7. The van der Waals surface area contributed by atoms with E-state index in [-0.39, 0.29) is 5.41 Å². The summed E-state index contributed by atoms with van der Waals surface area (Å²) in [5, 5.41) is 8.06. The van der Waals surface area contributed by atoms with Gasteiger partial charge in [0, 0.05) is 31.1 Å². The van der Waals surface area contributed by atoms with E-state index in [9.17, 15) is 0 Å². The molecular weight excluding hydrogens is 258 g/mol. The third-order valence-corrected chi connectivity index (χ3v) is 4.39. The summed E-state index contributed by atoms with van der Waals surface area (Å²) >= 11 is 0. The first-order valence-corrected chi connectivity index (χ1v) is 7.87. The van der Waals surface area contributed by atoms with Crippen molar-refractivity contribution >= 4 is 0 Å². The number of nitrogens with zero attached hydrogens (tertiary/aromatic N) is 2. The summed E-state index contributed by atoms with van der Waals surface area (Å²) in [5.41, 5.74) is 3.93. The maximum Gasteiger partial charge on any atom is 0.0596 e. The van der Waals surface area contributed by atoms with Gasteiger partial charge in [0.15, 0.2) is 0 Å². The lowest BCUT2D eigenvalue weighted by Crippen LogP contribution is -2.40. The van der Waals surface area contributed by atoms with Crippen LogP contribution in [0.25, 0.3) is 0 Å². The first kappa shape index (κ1) is 15.8. The fourth-order valence-electron chi connectivity index (χ4n) is 3.05. The molecule has 1 aromatic carbocycles. The molecule has 0 fully saturated rings. The van der Waals surface area contributed by atoms with Crippen LogP contribution in [0.4, 0.5) is 0 Å². The van der Waals surface area contributed by atoms with Crippen LogP contribution in [0, 0.1) is 6.92 Å². The molecule has 0 saturated heterocycles. The molecule has 0 radical (unpaired) electrons. The van der Waals surface area contributed by atoms with Gasteiger partial charge in [0.05, 0.1) is 5.69 Å². The number of likely N-dealkylation sites (N-methyl/N-ethyl adjacent to an activating group) is 1. The molecule has 21 heavy (non-hydrogen) atoms. The minimum absolute atomic E-state index is 0.123. The van der Waals surface area contributed by atoms with Gasteiger partial charge in [0.25, 0.3) is 0 Å². The highest BCUT2D eigenvalue weighted by Crippen LogP contribution is 2.31. The van der Waals surface area contributed by atoms with Crippen molar-refractivity contribution in [3.63, 3.8) is 0 Å². The van der Waals surface area contributed by atoms with E-state index in [2.05, 4.69) is 67.6 Å². The lowest BCUT2D eigenvalue weighted by molar-refractivity contribution is 0.373. The van der Waals surface area contributed by atoms with Crippen LogP contribution in [0.15, 0.2) is 36.4 Å². The lowest BCUT2D eigenvalue weighted by atomic mass is 9.74. The fourth-order valence-corrected chi connectivity index (χ4v) is 3.05. The summed E-state index contributed by atoms with van der Waals surface area (Å²) in [6.07, 6.45) is 2.12. The minimum atomic E-state index is 0.123. The van der Waals surface area contributed by atoms with Gasteiger partial charge in [-0.3, -0.25) is 4.68 Å². The van der Waals surface area contributed by atoms with Crippen LogP contribution in [0.5, 0.6) is 0 Å². The first-order chi connectivity index (χ1) is 10.1. The molecule has 0 amide bonds. The maximum absolute atomic E-state index is 4.50. The van der Waals surface area contributed by atoms with E-state index in [1.807, 2.05) is 11.7 Å². The van der Waals surface area contributed by atoms with Crippen LogP contribution in [0.2, 0.25) is 0 Å². The van der Waals surface area contributed by atoms with Gasteiger partial charge in [-0.2, -0.15) is 5.10 Å². The van der Waals surface area contributed by atoms with Crippen LogP contribution in [-0.4, -0.2) is 22.9 Å². The highest BCUT2D eigenvalue weighted by molar-refractivity contribution is 5.29. The zero-order chi connectivity index (χ0) is 15.3. The Bertz CT molecular complexity index is 559. The van der Waals surface area contributed by atoms with Gasteiger partial charge in [0.1, 0.15) is 0 Å². The molecule has 3 heteroatoms. The third kappa shape index (κ3) is 3.53. The van der Waals surface area contributed by atoms with Crippen LogP contribution >= 0.6 is 0 Å². The Kier molecular flexibility index (Phi) is 5.18. The van der Waals surface area contributed by atoms with Crippen LogP contribution in [0.1, 0.15) is 37.2 Å². The van der Waals surface area contributed by atoms with Gasteiger partial charge in [-0.1, -0.05) is 44.2 Å². The Morgan fingerprint density at radius 2 is 1.90 bits per heavy atom. The molecule has 1 N–H and O–H groups in total. The molecule has 2 aromatic rings. The van der Waals surface area contributed by atoms with Gasteiger partial charge in [-0.05, 0) is 31.5 Å². The summed E-state index contributed by atoms with van der Waals surface area (Å²) in [5.74, 6) is 0. The Balaban J connectivity index is 2.37. The summed E-state index contributed by atoms with van der Waals surface area (Å²) in [6, 6.07) is 13.1. The second kappa shape index (κ2) is 6.90. The van der Waals surface area contributed by atoms with Crippen LogP contribution in [-0.2, 0) is 18.9 Å². The summed E-state index contributed by atoms with van der Waals surface area (Å²) in [7, 11) is 2.04. The van der Waals surface area contributed by atoms with Crippen LogP contribution < -0.4 is 5.32 Å². The maximum atomic E-state index is 4.50. The molecule has 0 saturated carbocycles. The predicted octanol–water partition coefficient (Wildman–Crippen LogP) is 3.23. The molecule has 1 unspecified atom stereocenters. The smallest absolute Gasteiger partial charge is 0.0596 e. The Morgan fingerprint density at radius 3 is 2.43 bits per heavy atom. The standard InChI is InChI=1S/C18H27N3/c1-5-18(14-19-6-2,16-10-8-7-9-11-16)13-17-12-15(3)20-21(17)4/h7-12,19H,5-6,13-14H2,1-4H3. The van der Waals surface area contributed by atoms with Crippen molar-refractivity contribution in [2.24, 2.45) is 7.05 Å². The normalized spacial score (nSPS) is 14.1. The highest BCUT2D eigenvalue weighted by atomic mass is 15.3. The minimum Gasteiger partial charge on any atom is -0.316 e. The van der Waals surface area contributed by atoms with Gasteiger partial charge in [0.2, 0.25) is 0 Å². The molecular formula is C18H27N3. The third-order valence-electron chi connectivity index (χ3n) is 4.39. The molecule has 2 rings (SSSR count). The summed E-state index contributed by atoms with van der Waals surface area (Å²) < 4.78 is 2.02. The number of nitrogens with one attached hydrogen (secondary N) is 1. The summed E-state index contributed by atoms with van der Waals surface area (Å²) in [4.78, 5) is 0. The number of hydrogen-bond acceptors (Lipinski definition) is 2. The van der Waals surface area contributed by atoms with E-state index in [0.717, 1.165) is 31.6 Å². The van der Waals surface area contributed by atoms with Crippen molar-refractivity contribution in [3.05, 3.63) is 53.3 Å². The van der Waals surface area contributed by atoms with Gasteiger partial charge in [-0.15, -0.1) is 0 Å². The predicted molar refractivity (Wildman–Crippen MR) is 88.6 cm³/mol. The van der Waals surface area contributed by atoms with Crippen molar-refractivity contribution in [2.45, 2.75) is 39.0 Å². The van der Waals surface area contributed by atoms with Crippen molar-refractivity contribution < 1.29 is 0 Å². The lowest BCUT2D eigenvalue weighted by Gasteiger charge is -2.34. The molecule has 0 aliphatic carbocycles. The largest absolute Gasteiger partial charge is 0.316 e. The molecule has 1 aromatic heterocycles. The van der Waals surface area contributed by atoms with E-state index in [1.54, 1.807) is 0 Å². The molecule has 1 heterocycles. The second-order valence-electron chi connectivity index (χ2n) is 5.86. The van der Waals surface area contributed by atoms with E-state index in [4.69, 9.17) is 0 Å². The van der Waals surface area contributed by atoms with Crippen LogP contribution in [0.3, 0.4) is 0 Å². The van der Waals surface area contributed by atoms with E-state index >= 15 is 0 Å². The molecule has 3 nitrogen and oxygen atoms in total. The molecule has 114 valence electrons. The van der Waals surface area contributed by atoms with Gasteiger partial charge < -0.3 is 5.32 Å². The number of hydrogen-bond donors (Lipinski definition) is 1. The highest BCUT2D eigenvalue weighted by Gasteiger charge is 2.31. The Hall–Kier alpha value is -1.61. The first-order valence-electron chi connectivity index (χ1n) is 7.87. The molecule has 0 spiro atoms. The zero-order valence-electron chi connectivity index (χ0n) is 13.7. The molecule has 1 atom stereocenters. The quantitative estimate of drug-likeness (QED) is 0.846. The Labute approximate surface area is 128 Å². The summed E-state index contributed by atoms with van der Waals surface area (Å²) in [6.45, 7) is 8.50. The number of aromatic nitrogens is 2. The van der Waals surface area contributed by atoms with Crippen molar-refractivity contribution in [3.8, 4) is 0 Å². The van der Waals surface area contributed by atoms with Gasteiger partial charge >= 0.3 is 0 Å². The SMILES string of the molecule is CCNCC(CC)(Cc1cc(C)nn1C)c1ccccc1. The van der Waals surface area contributed by atoms with E-state index in [1.165, 1.54) is 11.3 Å². The number of aryl methyl sites for hydroxylation is 2. The fraction of sp³-hybridized carbons (Fsp3) is 0.500. The van der Waals surface area contributed by atoms with Crippen molar-refractivity contribution in [2.75, 3.05) is 13.1 Å². The van der Waals surface area contributed by atoms with Crippen molar-refractivity contribution in [1.29, 1.82) is 0 Å². The zero-order valence-corrected chi connectivity index (χ0v) is 13.7. The molecule has 0 bridgehead atoms. The average molecular weight is 285 g/mol. The van der Waals surface area contributed by atoms with Crippen molar-refractivity contribution in [1.82, 2.24) is 15.1 Å². The average Bonchev–Trinajstić information content (AvgIpc) is 2.82. The second-order valence-corrected chi connectivity index (χ2v) is 5.86. The molecule has 0 aliphatic heterocycles. The van der Waals surface area contributed by atoms with E-state index < -0.39 is 0 Å². The topological polar surface area (TPSA) is 29.9 Å². The molecule has 0 aliphatic rings. The number of benzene rings is 1. The Morgan fingerprint density at radius 1 is 1.19 bits per heavy atom.